The standard InChI is InChI=1S/C14H21NO2/c1-4-15-14(13(16)17,10-11(2)3)12-8-6-5-7-9-12/h5-9,11,15H,4,10H2,1-3H3,(H,16,17). The van der Waals surface area contributed by atoms with Gasteiger partial charge in [0.15, 0.2) is 0 Å². The smallest absolute Gasteiger partial charge is 0.328 e. The molecule has 0 fully saturated rings. The molecule has 94 valence electrons. The number of rotatable bonds is 6. The zero-order chi connectivity index (χ0) is 12.9. The van der Waals surface area contributed by atoms with Crippen molar-refractivity contribution in [2.24, 2.45) is 5.92 Å². The van der Waals surface area contributed by atoms with Crippen LogP contribution >= 0.6 is 0 Å². The Kier molecular flexibility index (Phi) is 4.70. The maximum absolute atomic E-state index is 11.7. The minimum Gasteiger partial charge on any atom is -0.480 e. The summed E-state index contributed by atoms with van der Waals surface area (Å²) >= 11 is 0. The largest absolute Gasteiger partial charge is 0.480 e. The first kappa shape index (κ1) is 13.7. The number of aliphatic carboxylic acids is 1. The van der Waals surface area contributed by atoms with Crippen molar-refractivity contribution < 1.29 is 9.90 Å². The maximum atomic E-state index is 11.7. The molecule has 0 saturated heterocycles. The average molecular weight is 235 g/mol. The van der Waals surface area contributed by atoms with Gasteiger partial charge in [-0.05, 0) is 24.4 Å². The molecule has 0 aliphatic rings. The molecule has 3 nitrogen and oxygen atoms in total. The molecule has 1 aromatic rings. The Bertz CT molecular complexity index is 362. The summed E-state index contributed by atoms with van der Waals surface area (Å²) in [6.45, 7) is 6.64. The Morgan fingerprint density at radius 2 is 1.94 bits per heavy atom. The SMILES string of the molecule is CCNC(CC(C)C)(C(=O)O)c1ccccc1. The van der Waals surface area contributed by atoms with E-state index in [4.69, 9.17) is 0 Å². The van der Waals surface area contributed by atoms with Crippen LogP contribution in [0.4, 0.5) is 0 Å². The fraction of sp³-hybridized carbons (Fsp3) is 0.500. The number of carboxylic acids is 1. The van der Waals surface area contributed by atoms with Gasteiger partial charge in [0.25, 0.3) is 0 Å². The Morgan fingerprint density at radius 3 is 2.35 bits per heavy atom. The van der Waals surface area contributed by atoms with E-state index in [1.54, 1.807) is 0 Å². The highest BCUT2D eigenvalue weighted by Gasteiger charge is 2.39. The van der Waals surface area contributed by atoms with Gasteiger partial charge in [0.05, 0.1) is 0 Å². The van der Waals surface area contributed by atoms with Gasteiger partial charge >= 0.3 is 5.97 Å². The fourth-order valence-corrected chi connectivity index (χ4v) is 2.22. The Hall–Kier alpha value is -1.35. The lowest BCUT2D eigenvalue weighted by Gasteiger charge is -2.32. The van der Waals surface area contributed by atoms with Crippen LogP contribution in [0.5, 0.6) is 0 Å². The van der Waals surface area contributed by atoms with Gasteiger partial charge in [0.1, 0.15) is 5.54 Å². The molecule has 0 spiro atoms. The second kappa shape index (κ2) is 5.82. The Balaban J connectivity index is 3.19. The highest BCUT2D eigenvalue weighted by molar-refractivity contribution is 5.80. The van der Waals surface area contributed by atoms with Gasteiger partial charge in [-0.3, -0.25) is 5.32 Å². The van der Waals surface area contributed by atoms with Crippen LogP contribution in [0.15, 0.2) is 30.3 Å². The number of nitrogens with one attached hydrogen (secondary N) is 1. The van der Waals surface area contributed by atoms with Crippen LogP contribution in [0.1, 0.15) is 32.8 Å². The molecule has 0 bridgehead atoms. The van der Waals surface area contributed by atoms with Crippen molar-refractivity contribution in [3.63, 3.8) is 0 Å². The molecule has 0 aromatic heterocycles. The van der Waals surface area contributed by atoms with Gasteiger partial charge < -0.3 is 5.11 Å². The molecule has 1 aromatic carbocycles. The van der Waals surface area contributed by atoms with Gasteiger partial charge in [-0.15, -0.1) is 0 Å². The van der Waals surface area contributed by atoms with Crippen molar-refractivity contribution >= 4 is 5.97 Å². The highest BCUT2D eigenvalue weighted by atomic mass is 16.4. The first-order valence-electron chi connectivity index (χ1n) is 6.07. The van der Waals surface area contributed by atoms with E-state index in [0.29, 0.717) is 18.9 Å². The maximum Gasteiger partial charge on any atom is 0.328 e. The van der Waals surface area contributed by atoms with E-state index in [1.807, 2.05) is 51.1 Å². The van der Waals surface area contributed by atoms with Gasteiger partial charge in [0, 0.05) is 0 Å². The van der Waals surface area contributed by atoms with Crippen LogP contribution in [0.25, 0.3) is 0 Å². The van der Waals surface area contributed by atoms with Crippen molar-refractivity contribution in [1.29, 1.82) is 0 Å². The van der Waals surface area contributed by atoms with E-state index in [2.05, 4.69) is 5.32 Å². The van der Waals surface area contributed by atoms with E-state index in [1.165, 1.54) is 0 Å². The van der Waals surface area contributed by atoms with Gasteiger partial charge in [-0.1, -0.05) is 51.1 Å². The minimum absolute atomic E-state index is 0.311. The second-order valence-electron chi connectivity index (χ2n) is 4.70. The molecule has 3 heteroatoms. The molecule has 0 radical (unpaired) electrons. The summed E-state index contributed by atoms with van der Waals surface area (Å²) in [7, 11) is 0. The summed E-state index contributed by atoms with van der Waals surface area (Å²) in [6, 6.07) is 9.41. The number of likely N-dealkylation sites (N-methyl/N-ethyl adjacent to an activating group) is 1. The molecule has 0 aliphatic heterocycles. The molecule has 1 atom stereocenters. The summed E-state index contributed by atoms with van der Waals surface area (Å²) in [5, 5.41) is 12.7. The zero-order valence-electron chi connectivity index (χ0n) is 10.7. The number of carbonyl (C=O) groups is 1. The van der Waals surface area contributed by atoms with E-state index in [0.717, 1.165) is 5.56 Å². The highest BCUT2D eigenvalue weighted by Crippen LogP contribution is 2.29. The third-order valence-electron chi connectivity index (χ3n) is 2.82. The molecule has 0 saturated carbocycles. The van der Waals surface area contributed by atoms with Crippen LogP contribution in [0, 0.1) is 5.92 Å². The van der Waals surface area contributed by atoms with Gasteiger partial charge in [-0.25, -0.2) is 4.79 Å². The molecule has 0 heterocycles. The second-order valence-corrected chi connectivity index (χ2v) is 4.70. The van der Waals surface area contributed by atoms with E-state index in [9.17, 15) is 9.90 Å². The predicted octanol–water partition coefficient (Wildman–Crippen LogP) is 2.62. The Morgan fingerprint density at radius 1 is 1.35 bits per heavy atom. The number of benzene rings is 1. The van der Waals surface area contributed by atoms with Gasteiger partial charge in [0.2, 0.25) is 0 Å². The fourth-order valence-electron chi connectivity index (χ4n) is 2.22. The van der Waals surface area contributed by atoms with Crippen LogP contribution in [0.2, 0.25) is 0 Å². The topological polar surface area (TPSA) is 49.3 Å². The van der Waals surface area contributed by atoms with Crippen molar-refractivity contribution in [1.82, 2.24) is 5.32 Å². The summed E-state index contributed by atoms with van der Waals surface area (Å²) in [5.41, 5.74) is -0.146. The third-order valence-corrected chi connectivity index (χ3v) is 2.82. The number of hydrogen-bond donors (Lipinski definition) is 2. The first-order valence-corrected chi connectivity index (χ1v) is 6.07. The van der Waals surface area contributed by atoms with E-state index < -0.39 is 11.5 Å². The van der Waals surface area contributed by atoms with Crippen LogP contribution in [-0.4, -0.2) is 17.6 Å². The molecule has 0 aliphatic carbocycles. The third kappa shape index (κ3) is 3.07. The molecular weight excluding hydrogens is 214 g/mol. The Labute approximate surface area is 103 Å². The lowest BCUT2D eigenvalue weighted by atomic mass is 9.82. The monoisotopic (exact) mass is 235 g/mol. The molecule has 0 amide bonds. The van der Waals surface area contributed by atoms with Crippen LogP contribution in [0.3, 0.4) is 0 Å². The number of hydrogen-bond acceptors (Lipinski definition) is 2. The molecule has 2 N–H and O–H groups in total. The van der Waals surface area contributed by atoms with Crippen LogP contribution < -0.4 is 5.32 Å². The van der Waals surface area contributed by atoms with E-state index >= 15 is 0 Å². The minimum atomic E-state index is -0.968. The average Bonchev–Trinajstić information content (AvgIpc) is 2.28. The van der Waals surface area contributed by atoms with Crippen molar-refractivity contribution in [3.8, 4) is 0 Å². The van der Waals surface area contributed by atoms with Crippen LogP contribution in [-0.2, 0) is 10.3 Å². The molecule has 17 heavy (non-hydrogen) atoms. The quantitative estimate of drug-likeness (QED) is 0.797. The molecular formula is C14H21NO2. The van der Waals surface area contributed by atoms with Crippen molar-refractivity contribution in [2.75, 3.05) is 6.54 Å². The molecule has 1 unspecified atom stereocenters. The summed E-state index contributed by atoms with van der Waals surface area (Å²) in [4.78, 5) is 11.7. The van der Waals surface area contributed by atoms with Crippen molar-refractivity contribution in [3.05, 3.63) is 35.9 Å². The summed E-state index contributed by atoms with van der Waals surface area (Å²) in [6.07, 6.45) is 0.584. The zero-order valence-corrected chi connectivity index (χ0v) is 10.7. The first-order chi connectivity index (χ1) is 8.03. The lowest BCUT2D eigenvalue weighted by molar-refractivity contribution is -0.146. The van der Waals surface area contributed by atoms with Gasteiger partial charge in [-0.2, -0.15) is 0 Å². The summed E-state index contributed by atoms with van der Waals surface area (Å²) in [5.74, 6) is -0.496. The number of carboxylic acid groups (broad SMARTS) is 1. The summed E-state index contributed by atoms with van der Waals surface area (Å²) < 4.78 is 0. The molecule has 1 rings (SSSR count). The lowest BCUT2D eigenvalue weighted by Crippen LogP contribution is -2.50. The normalized spacial score (nSPS) is 14.6. The van der Waals surface area contributed by atoms with E-state index in [-0.39, 0.29) is 0 Å². The predicted molar refractivity (Wildman–Crippen MR) is 68.9 cm³/mol. The van der Waals surface area contributed by atoms with Crippen molar-refractivity contribution in [2.45, 2.75) is 32.7 Å².